The molecule has 0 fully saturated rings. The predicted octanol–water partition coefficient (Wildman–Crippen LogP) is -0.773. The highest BCUT2D eigenvalue weighted by Gasteiger charge is 2.13. The third kappa shape index (κ3) is 1.99. The molecule has 0 aliphatic rings. The second-order valence-corrected chi connectivity index (χ2v) is 4.02. The van der Waals surface area contributed by atoms with E-state index >= 15 is 0 Å². The summed E-state index contributed by atoms with van der Waals surface area (Å²) < 4.78 is 0. The second kappa shape index (κ2) is 4.52. The lowest BCUT2D eigenvalue weighted by molar-refractivity contribution is 0.881. The average molecular weight is 282 g/mol. The summed E-state index contributed by atoms with van der Waals surface area (Å²) in [7, 11) is 0. The summed E-state index contributed by atoms with van der Waals surface area (Å²) in [4.78, 5) is 0. The van der Waals surface area contributed by atoms with E-state index < -0.39 is 0 Å². The van der Waals surface area contributed by atoms with Gasteiger partial charge < -0.3 is 0 Å². The fourth-order valence-corrected chi connectivity index (χ4v) is 1.87. The zero-order valence-corrected chi connectivity index (χ0v) is 10.3. The van der Waals surface area contributed by atoms with Crippen molar-refractivity contribution in [3.63, 3.8) is 0 Å². The molecule has 0 saturated carbocycles. The van der Waals surface area contributed by atoms with Crippen molar-refractivity contribution in [2.75, 3.05) is 0 Å². The Morgan fingerprint density at radius 2 is 1.29 bits per heavy atom. The standard InChI is InChI=1S/C9H6N12/c1-4(7-10-16-17-11-7)2-6(9-14-20-21-15-9)3-5(1)8-12-18-19-13-8/h1-3H,(H,10,11,16,17)(H,12,13,18,19)(H,14,15,20,21). The molecule has 4 aromatic rings. The number of tetrazole rings is 3. The van der Waals surface area contributed by atoms with Crippen LogP contribution in [-0.2, 0) is 0 Å². The van der Waals surface area contributed by atoms with E-state index in [0.717, 1.165) is 16.7 Å². The Morgan fingerprint density at radius 1 is 0.667 bits per heavy atom. The van der Waals surface area contributed by atoms with Crippen molar-refractivity contribution in [2.24, 2.45) is 0 Å². The first kappa shape index (κ1) is 11.3. The van der Waals surface area contributed by atoms with Gasteiger partial charge in [0.1, 0.15) is 0 Å². The fourth-order valence-electron chi connectivity index (χ4n) is 1.87. The zero-order chi connectivity index (χ0) is 14.1. The van der Waals surface area contributed by atoms with Crippen LogP contribution in [0.15, 0.2) is 18.2 Å². The zero-order valence-electron chi connectivity index (χ0n) is 10.3. The predicted molar refractivity (Wildman–Crippen MR) is 66.0 cm³/mol. The molecule has 0 aliphatic carbocycles. The van der Waals surface area contributed by atoms with Gasteiger partial charge in [-0.05, 0) is 39.1 Å². The number of rotatable bonds is 3. The van der Waals surface area contributed by atoms with Crippen LogP contribution in [0.5, 0.6) is 0 Å². The number of nitrogens with zero attached hydrogens (tertiary/aromatic N) is 9. The van der Waals surface area contributed by atoms with E-state index in [4.69, 9.17) is 0 Å². The molecule has 0 saturated heterocycles. The first-order valence-corrected chi connectivity index (χ1v) is 5.77. The van der Waals surface area contributed by atoms with E-state index in [9.17, 15) is 0 Å². The van der Waals surface area contributed by atoms with Crippen LogP contribution >= 0.6 is 0 Å². The first-order chi connectivity index (χ1) is 10.4. The average Bonchev–Trinajstić information content (AvgIpc) is 3.29. The molecular weight excluding hydrogens is 276 g/mol. The molecule has 0 aliphatic heterocycles. The van der Waals surface area contributed by atoms with Crippen molar-refractivity contribution < 1.29 is 0 Å². The molecular formula is C9H6N12. The van der Waals surface area contributed by atoms with Gasteiger partial charge in [0.25, 0.3) is 0 Å². The van der Waals surface area contributed by atoms with E-state index in [2.05, 4.69) is 61.9 Å². The summed E-state index contributed by atoms with van der Waals surface area (Å²) in [5.74, 6) is 1.38. The van der Waals surface area contributed by atoms with E-state index in [1.807, 2.05) is 18.2 Å². The number of hydrogen-bond donors (Lipinski definition) is 3. The van der Waals surface area contributed by atoms with Crippen LogP contribution in [0.2, 0.25) is 0 Å². The highest BCUT2D eigenvalue weighted by molar-refractivity contribution is 5.74. The summed E-state index contributed by atoms with van der Waals surface area (Å²) in [6, 6.07) is 5.48. The molecule has 0 amide bonds. The molecule has 0 spiro atoms. The van der Waals surface area contributed by atoms with Crippen LogP contribution in [0.3, 0.4) is 0 Å². The highest BCUT2D eigenvalue weighted by Crippen LogP contribution is 2.27. The van der Waals surface area contributed by atoms with Gasteiger partial charge in [0.05, 0.1) is 0 Å². The van der Waals surface area contributed by atoms with Crippen molar-refractivity contribution in [1.29, 1.82) is 0 Å². The van der Waals surface area contributed by atoms with E-state index in [0.29, 0.717) is 17.5 Å². The van der Waals surface area contributed by atoms with Crippen molar-refractivity contribution in [3.05, 3.63) is 18.2 Å². The Kier molecular flexibility index (Phi) is 2.42. The highest BCUT2D eigenvalue weighted by atomic mass is 15.5. The fraction of sp³-hybridized carbons (Fsp3) is 0. The molecule has 0 unspecified atom stereocenters. The lowest BCUT2D eigenvalue weighted by Crippen LogP contribution is -1.90. The van der Waals surface area contributed by atoms with Gasteiger partial charge in [0, 0.05) is 16.7 Å². The molecule has 102 valence electrons. The Balaban J connectivity index is 1.92. The Bertz CT molecular complexity index is 704. The molecule has 21 heavy (non-hydrogen) atoms. The Morgan fingerprint density at radius 3 is 1.76 bits per heavy atom. The number of nitrogens with one attached hydrogen (secondary N) is 3. The molecule has 0 radical (unpaired) electrons. The van der Waals surface area contributed by atoms with E-state index in [-0.39, 0.29) is 0 Å². The minimum Gasteiger partial charge on any atom is -0.239 e. The van der Waals surface area contributed by atoms with Crippen molar-refractivity contribution in [1.82, 2.24) is 61.9 Å². The number of aromatic nitrogens is 12. The summed E-state index contributed by atoms with van der Waals surface area (Å²) in [5.41, 5.74) is 2.18. The molecule has 1 aromatic carbocycles. The van der Waals surface area contributed by atoms with Crippen LogP contribution in [0, 0.1) is 0 Å². The van der Waals surface area contributed by atoms with Crippen LogP contribution in [0.25, 0.3) is 34.2 Å². The van der Waals surface area contributed by atoms with Gasteiger partial charge in [-0.3, -0.25) is 0 Å². The van der Waals surface area contributed by atoms with Crippen molar-refractivity contribution >= 4 is 0 Å². The van der Waals surface area contributed by atoms with Gasteiger partial charge in [-0.15, -0.1) is 25.5 Å². The molecule has 0 atom stereocenters. The van der Waals surface area contributed by atoms with Crippen LogP contribution in [0.4, 0.5) is 0 Å². The van der Waals surface area contributed by atoms with Crippen molar-refractivity contribution in [3.8, 4) is 34.2 Å². The quantitative estimate of drug-likeness (QED) is 0.437. The third-order valence-electron chi connectivity index (χ3n) is 2.76. The van der Waals surface area contributed by atoms with Gasteiger partial charge in [-0.1, -0.05) is 0 Å². The van der Waals surface area contributed by atoms with Crippen LogP contribution in [-0.4, -0.2) is 61.9 Å². The van der Waals surface area contributed by atoms with Crippen LogP contribution < -0.4 is 0 Å². The van der Waals surface area contributed by atoms with Gasteiger partial charge in [0.2, 0.25) is 11.6 Å². The normalized spacial score (nSPS) is 10.9. The number of aromatic amines is 3. The smallest absolute Gasteiger partial charge is 0.204 e. The van der Waals surface area contributed by atoms with Gasteiger partial charge in [0.15, 0.2) is 5.82 Å². The molecule has 3 aromatic heterocycles. The van der Waals surface area contributed by atoms with E-state index in [1.165, 1.54) is 0 Å². The van der Waals surface area contributed by atoms with Gasteiger partial charge in [-0.2, -0.15) is 10.4 Å². The summed E-state index contributed by atoms with van der Waals surface area (Å²) in [5, 5.41) is 41.5. The first-order valence-electron chi connectivity index (χ1n) is 5.77. The SMILES string of the molecule is c1c(-c2nn[nH]n2)cc(-c2nnn[nH]2)cc1-c1nn[nH]n1. The molecule has 4 rings (SSSR count). The van der Waals surface area contributed by atoms with Gasteiger partial charge >= 0.3 is 0 Å². The Hall–Kier alpha value is -3.57. The summed E-state index contributed by atoms with van der Waals surface area (Å²) in [6.45, 7) is 0. The molecule has 12 nitrogen and oxygen atoms in total. The molecule has 0 bridgehead atoms. The van der Waals surface area contributed by atoms with E-state index in [1.54, 1.807) is 0 Å². The molecule has 12 heteroatoms. The maximum atomic E-state index is 3.96. The maximum Gasteiger partial charge on any atom is 0.204 e. The van der Waals surface area contributed by atoms with Gasteiger partial charge in [-0.25, -0.2) is 5.10 Å². The third-order valence-corrected chi connectivity index (χ3v) is 2.76. The van der Waals surface area contributed by atoms with Crippen molar-refractivity contribution in [2.45, 2.75) is 0 Å². The summed E-state index contributed by atoms with van der Waals surface area (Å²) >= 11 is 0. The molecule has 3 N–H and O–H groups in total. The van der Waals surface area contributed by atoms with Crippen LogP contribution in [0.1, 0.15) is 0 Å². The largest absolute Gasteiger partial charge is 0.239 e. The topological polar surface area (TPSA) is 163 Å². The minimum absolute atomic E-state index is 0.439. The number of H-pyrrole nitrogens is 3. The second-order valence-electron chi connectivity index (χ2n) is 4.02. The number of benzene rings is 1. The summed E-state index contributed by atoms with van der Waals surface area (Å²) in [6.07, 6.45) is 0. The number of hydrogen-bond acceptors (Lipinski definition) is 9. The molecule has 3 heterocycles. The minimum atomic E-state index is 0.439. The Labute approximate surface area is 115 Å². The maximum absolute atomic E-state index is 3.96. The lowest BCUT2D eigenvalue weighted by atomic mass is 10.0. The monoisotopic (exact) mass is 282 g/mol. The lowest BCUT2D eigenvalue weighted by Gasteiger charge is -2.03.